The van der Waals surface area contributed by atoms with E-state index in [1.165, 1.54) is 12.1 Å². The van der Waals surface area contributed by atoms with Crippen LogP contribution in [0.4, 0.5) is 4.39 Å². The number of rotatable bonds is 2. The van der Waals surface area contributed by atoms with Crippen LogP contribution in [-0.4, -0.2) is 10.7 Å². The maximum atomic E-state index is 12.6. The van der Waals surface area contributed by atoms with Gasteiger partial charge in [0.25, 0.3) is 0 Å². The summed E-state index contributed by atoms with van der Waals surface area (Å²) < 4.78 is 12.6. The van der Waals surface area contributed by atoms with Gasteiger partial charge in [-0.25, -0.2) is 4.39 Å². The molecule has 0 aliphatic heterocycles. The molecule has 1 aromatic rings. The van der Waals surface area contributed by atoms with Crippen LogP contribution in [0, 0.1) is 5.82 Å². The van der Waals surface area contributed by atoms with Gasteiger partial charge in [-0.2, -0.15) is 0 Å². The molecule has 0 radical (unpaired) electrons. The lowest BCUT2D eigenvalue weighted by Crippen LogP contribution is -2.26. The van der Waals surface area contributed by atoms with Gasteiger partial charge in [0.2, 0.25) is 0 Å². The highest BCUT2D eigenvalue weighted by Gasteiger charge is 2.30. The van der Waals surface area contributed by atoms with E-state index in [0.29, 0.717) is 6.42 Å². The van der Waals surface area contributed by atoms with Crippen molar-refractivity contribution in [2.75, 3.05) is 0 Å². The topological polar surface area (TPSA) is 20.2 Å². The second kappa shape index (κ2) is 6.00. The maximum absolute atomic E-state index is 12.6. The first-order chi connectivity index (χ1) is 7.68. The highest BCUT2D eigenvalue weighted by atomic mass is 19.1. The Morgan fingerprint density at radius 2 is 1.62 bits per heavy atom. The maximum Gasteiger partial charge on any atom is 0.123 e. The van der Waals surface area contributed by atoms with Crippen molar-refractivity contribution in [1.29, 1.82) is 0 Å². The zero-order chi connectivity index (χ0) is 12.0. The van der Waals surface area contributed by atoms with Crippen molar-refractivity contribution in [2.45, 2.75) is 51.6 Å². The van der Waals surface area contributed by atoms with Gasteiger partial charge in [-0.3, -0.25) is 0 Å². The van der Waals surface area contributed by atoms with Crippen molar-refractivity contribution in [3.8, 4) is 0 Å². The van der Waals surface area contributed by atoms with Crippen LogP contribution in [0.2, 0.25) is 0 Å². The Morgan fingerprint density at radius 3 is 2.12 bits per heavy atom. The molecule has 0 unspecified atom stereocenters. The van der Waals surface area contributed by atoms with Crippen LogP contribution in [0.15, 0.2) is 24.3 Å². The highest BCUT2D eigenvalue weighted by Crippen LogP contribution is 2.32. The van der Waals surface area contributed by atoms with E-state index in [-0.39, 0.29) is 5.82 Å². The van der Waals surface area contributed by atoms with Crippen molar-refractivity contribution in [3.63, 3.8) is 0 Å². The molecule has 0 amide bonds. The summed E-state index contributed by atoms with van der Waals surface area (Å²) in [5, 5.41) is 10.1. The molecule has 90 valence electrons. The number of halogens is 1. The van der Waals surface area contributed by atoms with Gasteiger partial charge in [-0.15, -0.1) is 0 Å². The third kappa shape index (κ3) is 3.60. The van der Waals surface area contributed by atoms with Crippen molar-refractivity contribution >= 4 is 0 Å². The predicted octanol–water partition coefficient (Wildman–Crippen LogP) is 3.70. The molecule has 16 heavy (non-hydrogen) atoms. The van der Waals surface area contributed by atoms with Gasteiger partial charge in [-0.1, -0.05) is 38.8 Å². The molecule has 0 spiro atoms. The minimum absolute atomic E-state index is 0.216. The second-order valence-electron chi connectivity index (χ2n) is 4.23. The van der Waals surface area contributed by atoms with Crippen LogP contribution in [0.25, 0.3) is 0 Å². The third-order valence-electron chi connectivity index (χ3n) is 2.98. The van der Waals surface area contributed by atoms with E-state index in [0.717, 1.165) is 31.2 Å². The summed E-state index contributed by atoms with van der Waals surface area (Å²) in [6, 6.07) is 6.42. The predicted molar refractivity (Wildman–Crippen MR) is 64.9 cm³/mol. The molecule has 1 aliphatic carbocycles. The quantitative estimate of drug-likeness (QED) is 0.812. The van der Waals surface area contributed by atoms with Crippen LogP contribution in [0.5, 0.6) is 0 Å². The molecule has 0 bridgehead atoms. The van der Waals surface area contributed by atoms with Crippen LogP contribution in [-0.2, 0) is 6.42 Å². The summed E-state index contributed by atoms with van der Waals surface area (Å²) >= 11 is 0. The van der Waals surface area contributed by atoms with E-state index in [2.05, 4.69) is 0 Å². The van der Waals surface area contributed by atoms with Gasteiger partial charge in [0.1, 0.15) is 5.82 Å². The fourth-order valence-electron chi connectivity index (χ4n) is 2.19. The normalized spacial score (nSPS) is 17.8. The zero-order valence-corrected chi connectivity index (χ0v) is 10.2. The summed E-state index contributed by atoms with van der Waals surface area (Å²) in [4.78, 5) is 0. The number of aliphatic hydroxyl groups is 1. The van der Waals surface area contributed by atoms with Crippen molar-refractivity contribution in [1.82, 2.24) is 0 Å². The fourth-order valence-corrected chi connectivity index (χ4v) is 2.19. The van der Waals surface area contributed by atoms with Gasteiger partial charge in [0.15, 0.2) is 0 Å². The van der Waals surface area contributed by atoms with Gasteiger partial charge in [-0.05, 0) is 30.5 Å². The first-order valence-electron chi connectivity index (χ1n) is 6.15. The molecule has 0 saturated heterocycles. The van der Waals surface area contributed by atoms with Gasteiger partial charge in [0, 0.05) is 6.42 Å². The van der Waals surface area contributed by atoms with E-state index in [4.69, 9.17) is 0 Å². The zero-order valence-electron chi connectivity index (χ0n) is 10.2. The molecule has 0 heterocycles. The summed E-state index contributed by atoms with van der Waals surface area (Å²) in [6.07, 6.45) is 4.64. The van der Waals surface area contributed by atoms with Crippen LogP contribution in [0.1, 0.15) is 45.1 Å². The van der Waals surface area contributed by atoms with Crippen molar-refractivity contribution in [2.24, 2.45) is 0 Å². The van der Waals surface area contributed by atoms with E-state index < -0.39 is 5.60 Å². The molecule has 1 N–H and O–H groups in total. The molecule has 2 rings (SSSR count). The fraction of sp³-hybridized carbons (Fsp3) is 0.571. The average molecular weight is 224 g/mol. The monoisotopic (exact) mass is 224 g/mol. The van der Waals surface area contributed by atoms with Gasteiger partial charge >= 0.3 is 0 Å². The highest BCUT2D eigenvalue weighted by molar-refractivity contribution is 5.18. The smallest absolute Gasteiger partial charge is 0.123 e. The molecule has 1 nitrogen and oxygen atoms in total. The lowest BCUT2D eigenvalue weighted by molar-refractivity contribution is 0.0482. The van der Waals surface area contributed by atoms with E-state index >= 15 is 0 Å². The van der Waals surface area contributed by atoms with E-state index in [9.17, 15) is 9.50 Å². The van der Waals surface area contributed by atoms with Crippen LogP contribution < -0.4 is 0 Å². The molecule has 2 heteroatoms. The Hall–Kier alpha value is -0.890. The van der Waals surface area contributed by atoms with Crippen molar-refractivity contribution in [3.05, 3.63) is 35.6 Å². The molecular weight excluding hydrogens is 203 g/mol. The minimum atomic E-state index is -0.530. The largest absolute Gasteiger partial charge is 0.390 e. The minimum Gasteiger partial charge on any atom is -0.390 e. The summed E-state index contributed by atoms with van der Waals surface area (Å²) in [5.41, 5.74) is 0.494. The van der Waals surface area contributed by atoms with E-state index in [1.807, 2.05) is 13.8 Å². The lowest BCUT2D eigenvalue weighted by atomic mass is 9.93. The molecule has 0 aromatic heterocycles. The summed E-state index contributed by atoms with van der Waals surface area (Å²) in [5.74, 6) is -0.216. The Kier molecular flexibility index (Phi) is 4.94. The van der Waals surface area contributed by atoms with Gasteiger partial charge in [0.05, 0.1) is 5.60 Å². The summed E-state index contributed by atoms with van der Waals surface area (Å²) in [6.45, 7) is 4.00. The van der Waals surface area contributed by atoms with E-state index in [1.54, 1.807) is 12.1 Å². The molecule has 1 saturated carbocycles. The standard InChI is InChI=1S/C12H15FO.C2H6/c13-11-5-3-10(4-6-11)9-12(14)7-1-2-8-12;1-2/h3-6,14H,1-2,7-9H2;1-2H3. The Morgan fingerprint density at radius 1 is 1.12 bits per heavy atom. The molecular formula is C14H21FO. The lowest BCUT2D eigenvalue weighted by Gasteiger charge is -2.21. The summed E-state index contributed by atoms with van der Waals surface area (Å²) in [7, 11) is 0. The second-order valence-corrected chi connectivity index (χ2v) is 4.23. The van der Waals surface area contributed by atoms with Gasteiger partial charge < -0.3 is 5.11 Å². The number of hydrogen-bond acceptors (Lipinski definition) is 1. The SMILES string of the molecule is CC.OC1(Cc2ccc(F)cc2)CCCC1. The number of hydrogen-bond donors (Lipinski definition) is 1. The third-order valence-corrected chi connectivity index (χ3v) is 2.98. The Balaban J connectivity index is 0.000000606. The molecule has 1 fully saturated rings. The molecule has 0 atom stereocenters. The Labute approximate surface area is 97.3 Å². The van der Waals surface area contributed by atoms with Crippen LogP contribution in [0.3, 0.4) is 0 Å². The number of benzene rings is 1. The molecule has 1 aromatic carbocycles. The first kappa shape index (κ1) is 13.2. The Bertz CT molecular complexity index is 299. The molecule has 1 aliphatic rings. The van der Waals surface area contributed by atoms with Crippen molar-refractivity contribution < 1.29 is 9.50 Å². The van der Waals surface area contributed by atoms with Crippen LogP contribution >= 0.6 is 0 Å². The first-order valence-corrected chi connectivity index (χ1v) is 6.15. The average Bonchev–Trinajstić information content (AvgIpc) is 2.72.